The number of carbonyl (C=O) groups is 2. The summed E-state index contributed by atoms with van der Waals surface area (Å²) in [5, 5.41) is 11.1. The summed E-state index contributed by atoms with van der Waals surface area (Å²) in [5.41, 5.74) is 2.72. The number of carboxylic acid groups (broad SMARTS) is 1. The number of halogens is 3. The van der Waals surface area contributed by atoms with Crippen molar-refractivity contribution in [3.8, 4) is 0 Å². The average molecular weight is 472 g/mol. The maximum Gasteiger partial charge on any atom is 0.490 e. The van der Waals surface area contributed by atoms with Gasteiger partial charge in [-0.2, -0.15) is 24.5 Å². The third-order valence-corrected chi connectivity index (χ3v) is 7.16. The summed E-state index contributed by atoms with van der Waals surface area (Å²) in [6, 6.07) is 6.29. The number of aromatic nitrogens is 1. The minimum absolute atomic E-state index is 0.220. The minimum Gasteiger partial charge on any atom is -0.475 e. The highest BCUT2D eigenvalue weighted by molar-refractivity contribution is 7.08. The average Bonchev–Trinajstić information content (AvgIpc) is 3.42. The van der Waals surface area contributed by atoms with Gasteiger partial charge in [-0.25, -0.2) is 4.79 Å². The molecular formula is C22H28F3N3O3S. The molecule has 0 atom stereocenters. The van der Waals surface area contributed by atoms with E-state index in [1.54, 1.807) is 11.3 Å². The standard InChI is InChI=1S/C20H27N3OS.C2HF3O2/c1-21-9-2-3-18(21)15-22-10-5-20(6-11-22)7-12-23(13-8-20)19(24)17-4-14-25-16-17;3-2(4,5)1(6)7/h2-4,9,14,16H,5-8,10-13,15H2,1H3;(H,6,7). The predicted molar refractivity (Wildman–Crippen MR) is 116 cm³/mol. The molecule has 2 aromatic rings. The van der Waals surface area contributed by atoms with Gasteiger partial charge in [0, 0.05) is 44.0 Å². The first kappa shape index (κ1) is 24.3. The molecule has 2 aromatic heterocycles. The van der Waals surface area contributed by atoms with Gasteiger partial charge in [0.25, 0.3) is 5.91 Å². The van der Waals surface area contributed by atoms with Crippen molar-refractivity contribution in [1.82, 2.24) is 14.4 Å². The number of likely N-dealkylation sites (tertiary alicyclic amines) is 2. The second kappa shape index (κ2) is 10.1. The molecule has 2 aliphatic heterocycles. The largest absolute Gasteiger partial charge is 0.490 e. The van der Waals surface area contributed by atoms with Crippen LogP contribution in [0.2, 0.25) is 0 Å². The lowest BCUT2D eigenvalue weighted by Crippen LogP contribution is -2.48. The lowest BCUT2D eigenvalue weighted by Gasteiger charge is -2.47. The number of rotatable bonds is 3. The van der Waals surface area contributed by atoms with Crippen molar-refractivity contribution in [1.29, 1.82) is 0 Å². The van der Waals surface area contributed by atoms with E-state index in [0.717, 1.165) is 25.2 Å². The van der Waals surface area contributed by atoms with Gasteiger partial charge in [-0.05, 0) is 67.8 Å². The molecule has 2 aliphatic rings. The third kappa shape index (κ3) is 6.13. The van der Waals surface area contributed by atoms with E-state index >= 15 is 0 Å². The first-order valence-corrected chi connectivity index (χ1v) is 11.5. The summed E-state index contributed by atoms with van der Waals surface area (Å²) in [5.74, 6) is -2.54. The van der Waals surface area contributed by atoms with Gasteiger partial charge in [0.05, 0.1) is 5.56 Å². The maximum absolute atomic E-state index is 12.5. The molecule has 10 heteroatoms. The predicted octanol–water partition coefficient (Wildman–Crippen LogP) is 4.24. The fraction of sp³-hybridized carbons (Fsp3) is 0.545. The Balaban J connectivity index is 0.000000360. The van der Waals surface area contributed by atoms with Gasteiger partial charge < -0.3 is 14.6 Å². The zero-order chi connectivity index (χ0) is 23.4. The molecular weight excluding hydrogens is 443 g/mol. The number of piperidine rings is 2. The van der Waals surface area contributed by atoms with E-state index in [2.05, 4.69) is 39.7 Å². The maximum atomic E-state index is 12.5. The van der Waals surface area contributed by atoms with Crippen molar-refractivity contribution in [2.45, 2.75) is 38.4 Å². The van der Waals surface area contributed by atoms with Crippen LogP contribution in [0.1, 0.15) is 41.7 Å². The van der Waals surface area contributed by atoms with E-state index in [0.29, 0.717) is 5.41 Å². The molecule has 6 nitrogen and oxygen atoms in total. The molecule has 0 radical (unpaired) electrons. The highest BCUT2D eigenvalue weighted by Crippen LogP contribution is 2.41. The van der Waals surface area contributed by atoms with Gasteiger partial charge in [-0.3, -0.25) is 9.69 Å². The Kier molecular flexibility index (Phi) is 7.66. The molecule has 32 heavy (non-hydrogen) atoms. The molecule has 1 spiro atoms. The molecule has 2 fully saturated rings. The SMILES string of the molecule is Cn1cccc1CN1CCC2(CC1)CCN(C(=O)c1ccsc1)CC2.O=C(O)C(F)(F)F. The van der Waals surface area contributed by atoms with Crippen LogP contribution in [-0.2, 0) is 18.4 Å². The van der Waals surface area contributed by atoms with Crippen molar-refractivity contribution in [3.63, 3.8) is 0 Å². The first-order chi connectivity index (χ1) is 15.1. The van der Waals surface area contributed by atoms with Gasteiger partial charge in [-0.15, -0.1) is 0 Å². The van der Waals surface area contributed by atoms with E-state index in [1.807, 2.05) is 16.8 Å². The lowest BCUT2D eigenvalue weighted by molar-refractivity contribution is -0.192. The fourth-order valence-electron chi connectivity index (χ4n) is 4.33. The highest BCUT2D eigenvalue weighted by Gasteiger charge is 2.39. The molecule has 4 rings (SSSR count). The summed E-state index contributed by atoms with van der Waals surface area (Å²) < 4.78 is 34.0. The molecule has 2 saturated heterocycles. The van der Waals surface area contributed by atoms with E-state index in [9.17, 15) is 18.0 Å². The number of carboxylic acids is 1. The van der Waals surface area contributed by atoms with Gasteiger partial charge >= 0.3 is 12.1 Å². The molecule has 0 aromatic carbocycles. The van der Waals surface area contributed by atoms with Crippen LogP contribution in [0.4, 0.5) is 13.2 Å². The van der Waals surface area contributed by atoms with Gasteiger partial charge in [0.1, 0.15) is 0 Å². The van der Waals surface area contributed by atoms with Crippen molar-refractivity contribution in [2.75, 3.05) is 26.2 Å². The number of hydrogen-bond donors (Lipinski definition) is 1. The molecule has 1 N–H and O–H groups in total. The number of thiophene rings is 1. The van der Waals surface area contributed by atoms with Crippen LogP contribution in [-0.4, -0.2) is 63.7 Å². The van der Waals surface area contributed by atoms with Gasteiger partial charge in [0.15, 0.2) is 0 Å². The number of aliphatic carboxylic acids is 1. The quantitative estimate of drug-likeness (QED) is 0.727. The number of nitrogens with zero attached hydrogens (tertiary/aromatic N) is 3. The van der Waals surface area contributed by atoms with Crippen LogP contribution in [0.3, 0.4) is 0 Å². The van der Waals surface area contributed by atoms with Crippen molar-refractivity contribution in [3.05, 3.63) is 46.4 Å². The first-order valence-electron chi connectivity index (χ1n) is 10.5. The number of alkyl halides is 3. The van der Waals surface area contributed by atoms with E-state index < -0.39 is 12.1 Å². The Labute approximate surface area is 189 Å². The van der Waals surface area contributed by atoms with Gasteiger partial charge in [-0.1, -0.05) is 0 Å². The molecule has 0 saturated carbocycles. The number of hydrogen-bond acceptors (Lipinski definition) is 4. The van der Waals surface area contributed by atoms with Gasteiger partial charge in [0.2, 0.25) is 0 Å². The minimum atomic E-state index is -5.08. The second-order valence-electron chi connectivity index (χ2n) is 8.49. The van der Waals surface area contributed by atoms with E-state index in [-0.39, 0.29) is 5.91 Å². The Bertz CT molecular complexity index is 893. The van der Waals surface area contributed by atoms with Crippen LogP contribution >= 0.6 is 11.3 Å². The Morgan fingerprint density at radius 2 is 1.69 bits per heavy atom. The zero-order valence-electron chi connectivity index (χ0n) is 18.0. The number of carbonyl (C=O) groups excluding carboxylic acids is 1. The Morgan fingerprint density at radius 3 is 2.16 bits per heavy atom. The third-order valence-electron chi connectivity index (χ3n) is 6.48. The molecule has 0 unspecified atom stereocenters. The fourth-order valence-corrected chi connectivity index (χ4v) is 4.96. The van der Waals surface area contributed by atoms with E-state index in [4.69, 9.17) is 9.90 Å². The zero-order valence-corrected chi connectivity index (χ0v) is 18.8. The molecule has 0 bridgehead atoms. The molecule has 176 valence electrons. The Hall–Kier alpha value is -2.33. The Morgan fingerprint density at radius 1 is 1.09 bits per heavy atom. The number of amides is 1. The molecule has 0 aliphatic carbocycles. The molecule has 4 heterocycles. The normalized spacial score (nSPS) is 18.8. The van der Waals surface area contributed by atoms with Crippen LogP contribution in [0.5, 0.6) is 0 Å². The van der Waals surface area contributed by atoms with Crippen LogP contribution in [0.15, 0.2) is 35.2 Å². The van der Waals surface area contributed by atoms with Crippen molar-refractivity contribution < 1.29 is 27.9 Å². The monoisotopic (exact) mass is 471 g/mol. The summed E-state index contributed by atoms with van der Waals surface area (Å²) in [4.78, 5) is 26.1. The highest BCUT2D eigenvalue weighted by atomic mass is 32.1. The lowest BCUT2D eigenvalue weighted by atomic mass is 9.71. The second-order valence-corrected chi connectivity index (χ2v) is 9.27. The smallest absolute Gasteiger partial charge is 0.475 e. The van der Waals surface area contributed by atoms with Crippen LogP contribution < -0.4 is 0 Å². The summed E-state index contributed by atoms with van der Waals surface area (Å²) in [6.07, 6.45) is 1.93. The summed E-state index contributed by atoms with van der Waals surface area (Å²) in [6.45, 7) is 5.27. The summed E-state index contributed by atoms with van der Waals surface area (Å²) >= 11 is 1.60. The topological polar surface area (TPSA) is 65.8 Å². The molecule has 1 amide bonds. The van der Waals surface area contributed by atoms with E-state index in [1.165, 1.54) is 44.5 Å². The van der Waals surface area contributed by atoms with Crippen molar-refractivity contribution >= 4 is 23.2 Å². The van der Waals surface area contributed by atoms with Crippen molar-refractivity contribution in [2.24, 2.45) is 12.5 Å². The number of aryl methyl sites for hydroxylation is 1. The van der Waals surface area contributed by atoms with Crippen LogP contribution in [0, 0.1) is 5.41 Å². The summed E-state index contributed by atoms with van der Waals surface area (Å²) in [7, 11) is 2.13. The van der Waals surface area contributed by atoms with Crippen LogP contribution in [0.25, 0.3) is 0 Å².